The van der Waals surface area contributed by atoms with Crippen molar-refractivity contribution >= 4 is 31.2 Å². The van der Waals surface area contributed by atoms with Crippen LogP contribution in [-0.2, 0) is 40.5 Å². The molecular formula is C29H36N6O6Si. The molecule has 0 saturated carbocycles. The number of hydrogen-bond donors (Lipinski definition) is 1. The fraction of sp³-hybridized carbons (Fsp3) is 0.414. The van der Waals surface area contributed by atoms with Crippen molar-refractivity contribution in [2.45, 2.75) is 58.9 Å². The van der Waals surface area contributed by atoms with Gasteiger partial charge >= 0.3 is 12.1 Å². The Morgan fingerprint density at radius 1 is 1.12 bits per heavy atom. The van der Waals surface area contributed by atoms with Crippen molar-refractivity contribution in [3.8, 4) is 22.8 Å². The molecule has 1 aliphatic heterocycles. The van der Waals surface area contributed by atoms with Crippen molar-refractivity contribution in [2.75, 3.05) is 19.8 Å². The minimum Gasteiger partial charge on any atom is -0.465 e. The van der Waals surface area contributed by atoms with E-state index in [0.29, 0.717) is 55.7 Å². The van der Waals surface area contributed by atoms with E-state index in [-0.39, 0.29) is 13.2 Å². The average molecular weight is 593 g/mol. The van der Waals surface area contributed by atoms with Gasteiger partial charge in [-0.3, -0.25) is 4.79 Å². The molecule has 0 atom stereocenters. The van der Waals surface area contributed by atoms with Crippen molar-refractivity contribution in [3.63, 3.8) is 0 Å². The summed E-state index contributed by atoms with van der Waals surface area (Å²) in [5, 5.41) is 18.6. The Morgan fingerprint density at radius 2 is 1.95 bits per heavy atom. The van der Waals surface area contributed by atoms with Gasteiger partial charge in [-0.25, -0.2) is 14.5 Å². The second-order valence-electron chi connectivity index (χ2n) is 11.5. The van der Waals surface area contributed by atoms with E-state index in [1.165, 1.54) is 9.58 Å². The van der Waals surface area contributed by atoms with Gasteiger partial charge in [-0.05, 0) is 48.7 Å². The molecule has 12 nitrogen and oxygen atoms in total. The fourth-order valence-corrected chi connectivity index (χ4v) is 5.59. The van der Waals surface area contributed by atoms with Crippen molar-refractivity contribution < 1.29 is 28.9 Å². The Labute approximate surface area is 244 Å². The second kappa shape index (κ2) is 12.3. The van der Waals surface area contributed by atoms with Gasteiger partial charge in [0.25, 0.3) is 0 Å². The van der Waals surface area contributed by atoms with Gasteiger partial charge in [-0.15, -0.1) is 5.10 Å². The number of rotatable bonds is 11. The Kier molecular flexibility index (Phi) is 8.59. The minimum absolute atomic E-state index is 0.0522. The van der Waals surface area contributed by atoms with Gasteiger partial charge in [-0.1, -0.05) is 30.9 Å². The summed E-state index contributed by atoms with van der Waals surface area (Å²) < 4.78 is 20.9. The third-order valence-corrected chi connectivity index (χ3v) is 8.75. The first kappa shape index (κ1) is 29.3. The predicted octanol–water partition coefficient (Wildman–Crippen LogP) is 5.00. The van der Waals surface area contributed by atoms with E-state index in [4.69, 9.17) is 14.2 Å². The predicted molar refractivity (Wildman–Crippen MR) is 158 cm³/mol. The summed E-state index contributed by atoms with van der Waals surface area (Å²) in [5.74, 6) is 0.748. The third-order valence-electron chi connectivity index (χ3n) is 7.05. The Bertz CT molecular complexity index is 1590. The number of amides is 1. The summed E-state index contributed by atoms with van der Waals surface area (Å²) in [5.41, 5.74) is 3.96. The number of aromatic nitrogens is 5. The average Bonchev–Trinajstić information content (AvgIpc) is 3.55. The number of benzene rings is 1. The molecule has 222 valence electrons. The Hall–Kier alpha value is -4.23. The molecule has 0 saturated heterocycles. The molecule has 13 heteroatoms. The number of pyridine rings is 1. The van der Waals surface area contributed by atoms with E-state index in [1.54, 1.807) is 25.4 Å². The highest BCUT2D eigenvalue weighted by atomic mass is 28.3. The molecule has 1 aliphatic rings. The van der Waals surface area contributed by atoms with E-state index in [0.717, 1.165) is 28.1 Å². The molecule has 42 heavy (non-hydrogen) atoms. The third kappa shape index (κ3) is 6.79. The van der Waals surface area contributed by atoms with Crippen molar-refractivity contribution in [3.05, 3.63) is 54.0 Å². The lowest BCUT2D eigenvalue weighted by Gasteiger charge is -2.26. The zero-order chi connectivity index (χ0) is 29.9. The molecule has 4 aromatic rings. The maximum atomic E-state index is 12.0. The highest BCUT2D eigenvalue weighted by Crippen LogP contribution is 2.38. The van der Waals surface area contributed by atoms with E-state index >= 15 is 0 Å². The van der Waals surface area contributed by atoms with Crippen LogP contribution >= 0.6 is 0 Å². The zero-order valence-corrected chi connectivity index (χ0v) is 25.4. The van der Waals surface area contributed by atoms with Crippen LogP contribution in [0.2, 0.25) is 25.7 Å². The van der Waals surface area contributed by atoms with Crippen molar-refractivity contribution in [2.24, 2.45) is 0 Å². The fourth-order valence-electron chi connectivity index (χ4n) is 4.83. The van der Waals surface area contributed by atoms with Gasteiger partial charge in [0.1, 0.15) is 36.1 Å². The van der Waals surface area contributed by atoms with Gasteiger partial charge in [-0.2, -0.15) is 0 Å². The van der Waals surface area contributed by atoms with Crippen LogP contribution in [0, 0.1) is 0 Å². The first-order chi connectivity index (χ1) is 20.1. The van der Waals surface area contributed by atoms with Crippen LogP contribution in [0.4, 0.5) is 4.79 Å². The normalized spacial score (nSPS) is 13.3. The maximum Gasteiger partial charge on any atom is 0.407 e. The topological polar surface area (TPSA) is 134 Å². The molecule has 0 aliphatic carbocycles. The summed E-state index contributed by atoms with van der Waals surface area (Å²) in [7, 11) is -1.25. The molecule has 0 fully saturated rings. The van der Waals surface area contributed by atoms with Crippen LogP contribution in [-0.4, -0.2) is 74.4 Å². The molecule has 0 bridgehead atoms. The molecular weight excluding hydrogens is 556 g/mol. The molecule has 0 unspecified atom stereocenters. The highest BCUT2D eigenvalue weighted by Gasteiger charge is 2.23. The molecule has 0 spiro atoms. The number of carbonyl (C=O) groups excluding carboxylic acids is 1. The first-order valence-corrected chi connectivity index (χ1v) is 17.7. The number of esters is 1. The summed E-state index contributed by atoms with van der Waals surface area (Å²) in [6, 6.07) is 8.60. The number of fused-ring (bicyclic) bond motifs is 2. The molecule has 1 amide bonds. The van der Waals surface area contributed by atoms with Crippen LogP contribution in [0.1, 0.15) is 18.1 Å². The molecule has 1 N–H and O–H groups in total. The first-order valence-electron chi connectivity index (χ1n) is 14.0. The SMILES string of the molecule is CCOC(=O)Cn1cc(-c2cn(COCC[Si](C)(C)C)c3nccc(Oc4ccc5c(c4)CN(C(=O)O)CC5)c23)nn1. The van der Waals surface area contributed by atoms with E-state index in [1.807, 2.05) is 29.0 Å². The summed E-state index contributed by atoms with van der Waals surface area (Å²) >= 11 is 0. The van der Waals surface area contributed by atoms with Crippen molar-refractivity contribution in [1.29, 1.82) is 0 Å². The van der Waals surface area contributed by atoms with Gasteiger partial charge in [0, 0.05) is 45.7 Å². The molecule has 1 aromatic carbocycles. The second-order valence-corrected chi connectivity index (χ2v) is 17.1. The summed E-state index contributed by atoms with van der Waals surface area (Å²) in [6.45, 7) is 10.7. The van der Waals surface area contributed by atoms with Crippen LogP contribution in [0.25, 0.3) is 22.3 Å². The summed E-state index contributed by atoms with van der Waals surface area (Å²) in [6.07, 6.45) is 5.01. The smallest absolute Gasteiger partial charge is 0.407 e. The van der Waals surface area contributed by atoms with Crippen LogP contribution in [0.15, 0.2) is 42.9 Å². The van der Waals surface area contributed by atoms with Gasteiger partial charge in [0.15, 0.2) is 0 Å². The Morgan fingerprint density at radius 3 is 2.71 bits per heavy atom. The van der Waals surface area contributed by atoms with Crippen molar-refractivity contribution in [1.82, 2.24) is 29.4 Å². The molecule has 5 rings (SSSR count). The highest BCUT2D eigenvalue weighted by molar-refractivity contribution is 6.76. The van der Waals surface area contributed by atoms with Gasteiger partial charge in [0.05, 0.1) is 18.2 Å². The summed E-state index contributed by atoms with van der Waals surface area (Å²) in [4.78, 5) is 29.6. The Balaban J connectivity index is 1.49. The standard InChI is InChI=1S/C29H36N6O6Si/c1-5-40-26(36)18-35-17-24(31-32-35)23-16-34(19-39-12-13-42(2,3)4)28-27(23)25(8-10-30-28)41-22-7-6-20-9-11-33(29(37)38)15-21(20)14-22/h6-8,10,14,16-17H,5,9,11-13,15,18-19H2,1-4H3,(H,37,38). The molecule has 4 heterocycles. The number of nitrogens with zero attached hydrogens (tertiary/aromatic N) is 6. The number of carbonyl (C=O) groups is 2. The lowest BCUT2D eigenvalue weighted by atomic mass is 10.00. The molecule has 0 radical (unpaired) electrons. The number of carboxylic acid groups (broad SMARTS) is 1. The quantitative estimate of drug-likeness (QED) is 0.145. The van der Waals surface area contributed by atoms with Crippen LogP contribution in [0.3, 0.4) is 0 Å². The molecule has 3 aromatic heterocycles. The number of hydrogen-bond acceptors (Lipinski definition) is 8. The van der Waals surface area contributed by atoms with E-state index < -0.39 is 20.1 Å². The van der Waals surface area contributed by atoms with Crippen LogP contribution < -0.4 is 4.74 Å². The zero-order valence-electron chi connectivity index (χ0n) is 24.4. The number of ether oxygens (including phenoxy) is 3. The largest absolute Gasteiger partial charge is 0.465 e. The van der Waals surface area contributed by atoms with Gasteiger partial charge in [0.2, 0.25) is 0 Å². The minimum atomic E-state index is -1.25. The van der Waals surface area contributed by atoms with E-state index in [2.05, 4.69) is 34.9 Å². The monoisotopic (exact) mass is 592 g/mol. The van der Waals surface area contributed by atoms with E-state index in [9.17, 15) is 14.7 Å². The lowest BCUT2D eigenvalue weighted by Crippen LogP contribution is -2.34. The van der Waals surface area contributed by atoms with Gasteiger partial charge < -0.3 is 28.8 Å². The maximum absolute atomic E-state index is 12.0. The van der Waals surface area contributed by atoms with Crippen LogP contribution in [0.5, 0.6) is 11.5 Å². The lowest BCUT2D eigenvalue weighted by molar-refractivity contribution is -0.144.